The van der Waals surface area contributed by atoms with Crippen LogP contribution in [-0.4, -0.2) is 30.3 Å². The molecule has 0 saturated carbocycles. The van der Waals surface area contributed by atoms with Gasteiger partial charge in [-0.25, -0.2) is 0 Å². The van der Waals surface area contributed by atoms with E-state index in [2.05, 4.69) is 32.6 Å². The van der Waals surface area contributed by atoms with E-state index in [0.717, 1.165) is 4.43 Å². The zero-order chi connectivity index (χ0) is 12.6. The highest BCUT2D eigenvalue weighted by molar-refractivity contribution is 14.1. The number of carbonyl (C=O) groups is 1. The number of rotatable bonds is 7. The number of ether oxygens (including phenoxy) is 2. The summed E-state index contributed by atoms with van der Waals surface area (Å²) in [6, 6.07) is 0. The number of halogens is 1. The van der Waals surface area contributed by atoms with Crippen molar-refractivity contribution >= 4 is 28.6 Å². The van der Waals surface area contributed by atoms with E-state index in [4.69, 9.17) is 15.0 Å². The van der Waals surface area contributed by atoms with Crippen molar-refractivity contribution in [1.82, 2.24) is 0 Å². The Morgan fingerprint density at radius 1 is 1.69 bits per heavy atom. The fourth-order valence-corrected chi connectivity index (χ4v) is 2.42. The van der Waals surface area contributed by atoms with E-state index in [1.54, 1.807) is 13.8 Å². The molecule has 0 amide bonds. The maximum Gasteiger partial charge on any atom is 0.314 e. The van der Waals surface area contributed by atoms with Crippen LogP contribution in [0.2, 0.25) is 0 Å². The number of methoxy groups -OCH3 is 1. The Morgan fingerprint density at radius 2 is 2.31 bits per heavy atom. The van der Waals surface area contributed by atoms with Gasteiger partial charge in [0.05, 0.1) is 12.0 Å². The third-order valence-corrected chi connectivity index (χ3v) is 2.82. The van der Waals surface area contributed by atoms with Gasteiger partial charge in [-0.1, -0.05) is 27.7 Å². The molecule has 6 nitrogen and oxygen atoms in total. The average Bonchev–Trinajstić information content (AvgIpc) is 2.26. The van der Waals surface area contributed by atoms with Crippen molar-refractivity contribution in [3.05, 3.63) is 10.4 Å². The third-order valence-electron chi connectivity index (χ3n) is 2.28. The van der Waals surface area contributed by atoms with Crippen LogP contribution in [0.5, 0.6) is 0 Å². The van der Waals surface area contributed by atoms with Crippen molar-refractivity contribution in [2.45, 2.75) is 26.5 Å². The summed E-state index contributed by atoms with van der Waals surface area (Å²) in [5.74, 6) is -0.397. The fraction of sp³-hybridized carbons (Fsp3) is 0.889. The maximum absolute atomic E-state index is 11.8. The molecule has 0 aliphatic rings. The molecular weight excluding hydrogens is 325 g/mol. The Bertz CT molecular complexity index is 281. The highest BCUT2D eigenvalue weighted by Gasteiger charge is 2.42. The van der Waals surface area contributed by atoms with Crippen molar-refractivity contribution in [2.75, 3.05) is 18.1 Å². The molecule has 0 aliphatic carbocycles. The SMILES string of the molecule is CCOC(=O)C(C)(CCI)C(N=[N+]=[N-])OC. The van der Waals surface area contributed by atoms with Gasteiger partial charge in [0.25, 0.3) is 0 Å². The molecule has 0 saturated heterocycles. The monoisotopic (exact) mass is 341 g/mol. The molecule has 2 unspecified atom stereocenters. The normalized spacial score (nSPS) is 15.8. The van der Waals surface area contributed by atoms with Crippen molar-refractivity contribution in [2.24, 2.45) is 10.5 Å². The summed E-state index contributed by atoms with van der Waals surface area (Å²) in [7, 11) is 1.41. The van der Waals surface area contributed by atoms with E-state index < -0.39 is 17.6 Å². The first-order chi connectivity index (χ1) is 7.56. The molecule has 2 atom stereocenters. The number of azide groups is 1. The first-order valence-electron chi connectivity index (χ1n) is 4.87. The number of hydrogen-bond acceptors (Lipinski definition) is 4. The second-order valence-corrected chi connectivity index (χ2v) is 4.45. The molecule has 0 heterocycles. The summed E-state index contributed by atoms with van der Waals surface area (Å²) >= 11 is 2.15. The van der Waals surface area contributed by atoms with Gasteiger partial charge in [-0.2, -0.15) is 0 Å². The largest absolute Gasteiger partial charge is 0.465 e. The number of esters is 1. The summed E-state index contributed by atoms with van der Waals surface area (Å²) in [6.45, 7) is 3.71. The van der Waals surface area contributed by atoms with Crippen LogP contribution in [0.3, 0.4) is 0 Å². The lowest BCUT2D eigenvalue weighted by Crippen LogP contribution is -2.41. The zero-order valence-corrected chi connectivity index (χ0v) is 11.8. The van der Waals surface area contributed by atoms with Gasteiger partial charge >= 0.3 is 5.97 Å². The molecule has 0 aromatic rings. The Labute approximate surface area is 108 Å². The second-order valence-electron chi connectivity index (χ2n) is 3.37. The summed E-state index contributed by atoms with van der Waals surface area (Å²) in [6.07, 6.45) is -0.310. The predicted molar refractivity (Wildman–Crippen MR) is 68.2 cm³/mol. The Morgan fingerprint density at radius 3 is 2.69 bits per heavy atom. The number of alkyl halides is 1. The van der Waals surface area contributed by atoms with Crippen molar-refractivity contribution in [1.29, 1.82) is 0 Å². The highest BCUT2D eigenvalue weighted by Crippen LogP contribution is 2.31. The lowest BCUT2D eigenvalue weighted by Gasteiger charge is -2.30. The van der Waals surface area contributed by atoms with Crippen LogP contribution in [-0.2, 0) is 14.3 Å². The molecule has 16 heavy (non-hydrogen) atoms. The molecule has 0 N–H and O–H groups in total. The van der Waals surface area contributed by atoms with Gasteiger partial charge in [0.2, 0.25) is 0 Å². The van der Waals surface area contributed by atoms with Crippen LogP contribution in [0.4, 0.5) is 0 Å². The van der Waals surface area contributed by atoms with Crippen LogP contribution in [0.1, 0.15) is 20.3 Å². The average molecular weight is 341 g/mol. The van der Waals surface area contributed by atoms with Gasteiger partial charge in [0, 0.05) is 16.4 Å². The van der Waals surface area contributed by atoms with E-state index in [0.29, 0.717) is 13.0 Å². The molecule has 0 rings (SSSR count). The van der Waals surface area contributed by atoms with Crippen molar-refractivity contribution < 1.29 is 14.3 Å². The third kappa shape index (κ3) is 3.80. The first kappa shape index (κ1) is 15.5. The molecular formula is C9H16IN3O3. The molecule has 0 aliphatic heterocycles. The number of nitrogens with zero attached hydrogens (tertiary/aromatic N) is 3. The molecule has 7 heteroatoms. The minimum Gasteiger partial charge on any atom is -0.465 e. The molecule has 92 valence electrons. The minimum absolute atomic E-state index is 0.294. The lowest BCUT2D eigenvalue weighted by molar-refractivity contribution is -0.163. The molecule has 0 fully saturated rings. The van der Waals surface area contributed by atoms with Crippen LogP contribution in [0, 0.1) is 5.41 Å². The molecule has 0 aromatic heterocycles. The highest BCUT2D eigenvalue weighted by atomic mass is 127. The summed E-state index contributed by atoms with van der Waals surface area (Å²) in [5.41, 5.74) is 7.50. The molecule has 0 radical (unpaired) electrons. The summed E-state index contributed by atoms with van der Waals surface area (Å²) in [4.78, 5) is 14.5. The Balaban J connectivity index is 5.04. The minimum atomic E-state index is -0.932. The van der Waals surface area contributed by atoms with Gasteiger partial charge in [0.15, 0.2) is 6.23 Å². The fourth-order valence-electron chi connectivity index (χ4n) is 1.30. The zero-order valence-electron chi connectivity index (χ0n) is 9.64. The van der Waals surface area contributed by atoms with E-state index in [1.165, 1.54) is 7.11 Å². The van der Waals surface area contributed by atoms with Gasteiger partial charge in [-0.15, -0.1) is 0 Å². The molecule has 0 aromatic carbocycles. The number of carbonyl (C=O) groups excluding carboxylic acids is 1. The summed E-state index contributed by atoms with van der Waals surface area (Å²) in [5, 5.41) is 3.49. The topological polar surface area (TPSA) is 84.3 Å². The van der Waals surface area contributed by atoms with Gasteiger partial charge < -0.3 is 9.47 Å². The maximum atomic E-state index is 11.8. The lowest BCUT2D eigenvalue weighted by atomic mass is 9.85. The van der Waals surface area contributed by atoms with Gasteiger partial charge in [0.1, 0.15) is 0 Å². The second kappa shape index (κ2) is 7.70. The van der Waals surface area contributed by atoms with Crippen molar-refractivity contribution in [3.8, 4) is 0 Å². The van der Waals surface area contributed by atoms with Gasteiger partial charge in [-0.3, -0.25) is 4.79 Å². The van der Waals surface area contributed by atoms with Crippen LogP contribution < -0.4 is 0 Å². The smallest absolute Gasteiger partial charge is 0.314 e. The Kier molecular flexibility index (Phi) is 7.44. The first-order valence-corrected chi connectivity index (χ1v) is 6.39. The Hall–Kier alpha value is -0.530. The standard InChI is InChI=1S/C9H16IN3O3/c1-4-16-8(14)9(2,5-6-10)7(15-3)12-13-11/h7H,4-6H2,1-3H3. The quantitative estimate of drug-likeness (QED) is 0.178. The van der Waals surface area contributed by atoms with E-state index >= 15 is 0 Å². The van der Waals surface area contributed by atoms with E-state index in [9.17, 15) is 4.79 Å². The van der Waals surface area contributed by atoms with Crippen LogP contribution in [0.25, 0.3) is 10.4 Å². The summed E-state index contributed by atoms with van der Waals surface area (Å²) < 4.78 is 10.8. The molecule has 0 spiro atoms. The van der Waals surface area contributed by atoms with Crippen molar-refractivity contribution in [3.63, 3.8) is 0 Å². The van der Waals surface area contributed by atoms with Gasteiger partial charge in [-0.05, 0) is 25.8 Å². The predicted octanol–water partition coefficient (Wildman–Crippen LogP) is 2.66. The number of hydrogen-bond donors (Lipinski definition) is 0. The van der Waals surface area contributed by atoms with Crippen LogP contribution >= 0.6 is 22.6 Å². The van der Waals surface area contributed by atoms with E-state index in [1.807, 2.05) is 0 Å². The molecule has 0 bridgehead atoms. The van der Waals surface area contributed by atoms with E-state index in [-0.39, 0.29) is 0 Å². The van der Waals surface area contributed by atoms with Crippen LogP contribution in [0.15, 0.2) is 5.11 Å².